The molecule has 184 valence electrons. The Hall–Kier alpha value is -2.29. The molecule has 0 radical (unpaired) electrons. The van der Waals surface area contributed by atoms with Crippen molar-refractivity contribution in [2.24, 2.45) is 5.92 Å². The second-order valence-corrected chi connectivity index (χ2v) is 11.2. The number of benzene rings is 2. The maximum absolute atomic E-state index is 14.0. The van der Waals surface area contributed by atoms with Gasteiger partial charge in [-0.25, -0.2) is 12.8 Å². The van der Waals surface area contributed by atoms with E-state index in [0.717, 1.165) is 31.3 Å². The second kappa shape index (κ2) is 11.4. The molecule has 2 aromatic rings. The van der Waals surface area contributed by atoms with E-state index < -0.39 is 15.8 Å². The van der Waals surface area contributed by atoms with Crippen LogP contribution in [-0.2, 0) is 27.9 Å². The molecule has 6 nitrogen and oxygen atoms in total. The van der Waals surface area contributed by atoms with E-state index in [9.17, 15) is 17.6 Å². The van der Waals surface area contributed by atoms with E-state index in [4.69, 9.17) is 0 Å². The molecule has 2 aliphatic heterocycles. The highest BCUT2D eigenvalue weighted by molar-refractivity contribution is 7.89. The molecule has 2 aromatic carbocycles. The van der Waals surface area contributed by atoms with Crippen molar-refractivity contribution in [2.75, 3.05) is 26.2 Å². The van der Waals surface area contributed by atoms with Crippen LogP contribution in [0.1, 0.15) is 49.7 Å². The van der Waals surface area contributed by atoms with E-state index in [1.165, 1.54) is 53.8 Å². The maximum Gasteiger partial charge on any atom is 0.245 e. The topological polar surface area (TPSA) is 69.7 Å². The van der Waals surface area contributed by atoms with Gasteiger partial charge in [0.1, 0.15) is 10.7 Å². The molecule has 0 aromatic heterocycles. The summed E-state index contributed by atoms with van der Waals surface area (Å²) < 4.78 is 40.8. The normalized spacial score (nSPS) is 19.0. The van der Waals surface area contributed by atoms with Gasteiger partial charge in [0, 0.05) is 32.1 Å². The Morgan fingerprint density at radius 3 is 2.15 bits per heavy atom. The lowest BCUT2D eigenvalue weighted by Crippen LogP contribution is -2.43. The number of halogens is 1. The third-order valence-electron chi connectivity index (χ3n) is 6.87. The van der Waals surface area contributed by atoms with Gasteiger partial charge in [-0.15, -0.1) is 0 Å². The Morgan fingerprint density at radius 1 is 0.882 bits per heavy atom. The fourth-order valence-electron chi connectivity index (χ4n) is 4.80. The van der Waals surface area contributed by atoms with Gasteiger partial charge in [0.15, 0.2) is 0 Å². The molecule has 0 saturated carbocycles. The third-order valence-corrected chi connectivity index (χ3v) is 8.81. The first-order valence-corrected chi connectivity index (χ1v) is 13.7. The van der Waals surface area contributed by atoms with E-state index in [0.29, 0.717) is 19.4 Å². The van der Waals surface area contributed by atoms with Crippen LogP contribution in [-0.4, -0.2) is 49.7 Å². The zero-order valence-electron chi connectivity index (χ0n) is 19.6. The molecule has 2 heterocycles. The summed E-state index contributed by atoms with van der Waals surface area (Å²) in [5.74, 6) is -1.05. The lowest BCUT2D eigenvalue weighted by Gasteiger charge is -2.30. The Morgan fingerprint density at radius 2 is 1.50 bits per heavy atom. The maximum atomic E-state index is 14.0. The molecular formula is C26H34FN3O3S. The molecule has 1 amide bonds. The summed E-state index contributed by atoms with van der Waals surface area (Å²) in [6.45, 7) is 4.17. The first kappa shape index (κ1) is 24.8. The summed E-state index contributed by atoms with van der Waals surface area (Å²) in [5, 5.41) is 2.99. The highest BCUT2D eigenvalue weighted by Gasteiger charge is 2.33. The molecule has 4 rings (SSSR count). The quantitative estimate of drug-likeness (QED) is 0.643. The molecule has 0 bridgehead atoms. The van der Waals surface area contributed by atoms with Gasteiger partial charge >= 0.3 is 0 Å². The van der Waals surface area contributed by atoms with Crippen LogP contribution < -0.4 is 5.32 Å². The van der Waals surface area contributed by atoms with Gasteiger partial charge in [0.25, 0.3) is 0 Å². The number of hydrogen-bond acceptors (Lipinski definition) is 4. The van der Waals surface area contributed by atoms with Gasteiger partial charge in [-0.3, -0.25) is 9.69 Å². The molecular weight excluding hydrogens is 453 g/mol. The summed E-state index contributed by atoms with van der Waals surface area (Å²) >= 11 is 0. The largest absolute Gasteiger partial charge is 0.352 e. The molecule has 2 fully saturated rings. The third kappa shape index (κ3) is 6.23. The minimum absolute atomic E-state index is 0.0587. The van der Waals surface area contributed by atoms with E-state index in [-0.39, 0.29) is 29.8 Å². The summed E-state index contributed by atoms with van der Waals surface area (Å²) in [6.07, 6.45) is 6.06. The minimum Gasteiger partial charge on any atom is -0.352 e. The Kier molecular flexibility index (Phi) is 8.34. The Labute approximate surface area is 202 Å². The minimum atomic E-state index is -3.89. The number of amides is 1. The number of nitrogens with one attached hydrogen (secondary N) is 1. The SMILES string of the molecule is O=C(NCc1ccc(CN2CCCCCC2)cc1)C1CCN(S(=O)(=O)c2ccccc2F)CC1. The fraction of sp³-hybridized carbons (Fsp3) is 0.500. The van der Waals surface area contributed by atoms with Crippen LogP contribution in [0.5, 0.6) is 0 Å². The van der Waals surface area contributed by atoms with E-state index in [1.807, 2.05) is 0 Å². The van der Waals surface area contributed by atoms with Crippen LogP contribution in [0.15, 0.2) is 53.4 Å². The number of carbonyl (C=O) groups excluding carboxylic acids is 1. The van der Waals surface area contributed by atoms with Crippen LogP contribution in [0.25, 0.3) is 0 Å². The smallest absolute Gasteiger partial charge is 0.245 e. The predicted molar refractivity (Wildman–Crippen MR) is 130 cm³/mol. The van der Waals surface area contributed by atoms with Gasteiger partial charge < -0.3 is 5.32 Å². The summed E-state index contributed by atoms with van der Waals surface area (Å²) in [7, 11) is -3.89. The van der Waals surface area contributed by atoms with Crippen LogP contribution in [0, 0.1) is 11.7 Å². The Bertz CT molecular complexity index is 1060. The summed E-state index contributed by atoms with van der Waals surface area (Å²) in [6, 6.07) is 13.8. The van der Waals surface area contributed by atoms with Gasteiger partial charge in [-0.1, -0.05) is 49.2 Å². The Balaban J connectivity index is 1.24. The number of sulfonamides is 1. The average Bonchev–Trinajstić information content (AvgIpc) is 3.12. The fourth-order valence-corrected chi connectivity index (χ4v) is 6.33. The van der Waals surface area contributed by atoms with Gasteiger partial charge in [-0.05, 0) is 62.0 Å². The molecule has 0 atom stereocenters. The van der Waals surface area contributed by atoms with Crippen LogP contribution >= 0.6 is 0 Å². The molecule has 2 saturated heterocycles. The van der Waals surface area contributed by atoms with Crippen molar-refractivity contribution in [1.82, 2.24) is 14.5 Å². The monoisotopic (exact) mass is 487 g/mol. The van der Waals surface area contributed by atoms with Crippen molar-refractivity contribution in [3.05, 3.63) is 65.5 Å². The number of likely N-dealkylation sites (tertiary alicyclic amines) is 1. The second-order valence-electron chi connectivity index (χ2n) is 9.33. The standard InChI is InChI=1S/C26H34FN3O3S/c27-24-7-3-4-8-25(24)34(32,33)30-17-13-23(14-18-30)26(31)28-19-21-9-11-22(12-10-21)20-29-15-5-1-2-6-16-29/h3-4,7-12,23H,1-2,5-6,13-20H2,(H,28,31). The summed E-state index contributed by atoms with van der Waals surface area (Å²) in [4.78, 5) is 14.9. The van der Waals surface area contributed by atoms with Crippen molar-refractivity contribution in [2.45, 2.75) is 56.5 Å². The zero-order valence-corrected chi connectivity index (χ0v) is 20.4. The van der Waals surface area contributed by atoms with Crippen molar-refractivity contribution in [3.8, 4) is 0 Å². The zero-order chi connectivity index (χ0) is 24.0. The highest BCUT2D eigenvalue weighted by Crippen LogP contribution is 2.25. The number of piperidine rings is 1. The van der Waals surface area contributed by atoms with E-state index in [1.54, 1.807) is 0 Å². The molecule has 1 N–H and O–H groups in total. The molecule has 0 aliphatic carbocycles. The number of nitrogens with zero attached hydrogens (tertiary/aromatic N) is 2. The lowest BCUT2D eigenvalue weighted by atomic mass is 9.97. The van der Waals surface area contributed by atoms with Crippen molar-refractivity contribution in [3.63, 3.8) is 0 Å². The van der Waals surface area contributed by atoms with Crippen LogP contribution in [0.3, 0.4) is 0 Å². The van der Waals surface area contributed by atoms with Gasteiger partial charge in [-0.2, -0.15) is 4.31 Å². The van der Waals surface area contributed by atoms with E-state index in [2.05, 4.69) is 34.5 Å². The lowest BCUT2D eigenvalue weighted by molar-refractivity contribution is -0.126. The van der Waals surface area contributed by atoms with Gasteiger partial charge in [0.05, 0.1) is 0 Å². The molecule has 0 unspecified atom stereocenters. The highest BCUT2D eigenvalue weighted by atomic mass is 32.2. The molecule has 8 heteroatoms. The first-order valence-electron chi connectivity index (χ1n) is 12.3. The van der Waals surface area contributed by atoms with Crippen molar-refractivity contribution < 1.29 is 17.6 Å². The molecule has 34 heavy (non-hydrogen) atoms. The number of rotatable bonds is 7. The number of hydrogen-bond donors (Lipinski definition) is 1. The summed E-state index contributed by atoms with van der Waals surface area (Å²) in [5.41, 5.74) is 2.34. The van der Waals surface area contributed by atoms with Crippen molar-refractivity contribution >= 4 is 15.9 Å². The van der Waals surface area contributed by atoms with Crippen LogP contribution in [0.4, 0.5) is 4.39 Å². The molecule has 2 aliphatic rings. The average molecular weight is 488 g/mol. The number of carbonyl (C=O) groups is 1. The first-order chi connectivity index (χ1) is 16.4. The van der Waals surface area contributed by atoms with Crippen LogP contribution in [0.2, 0.25) is 0 Å². The molecule has 0 spiro atoms. The van der Waals surface area contributed by atoms with E-state index >= 15 is 0 Å². The predicted octanol–water partition coefficient (Wildman–Crippen LogP) is 3.92. The van der Waals surface area contributed by atoms with Gasteiger partial charge in [0.2, 0.25) is 15.9 Å². The van der Waals surface area contributed by atoms with Crippen molar-refractivity contribution in [1.29, 1.82) is 0 Å².